The van der Waals surface area contributed by atoms with E-state index in [1.165, 1.54) is 0 Å². The molecule has 0 bridgehead atoms. The molecule has 0 heterocycles. The fourth-order valence-electron chi connectivity index (χ4n) is 3.76. The van der Waals surface area contributed by atoms with Crippen molar-refractivity contribution in [1.82, 2.24) is 10.2 Å². The van der Waals surface area contributed by atoms with Crippen molar-refractivity contribution in [3.05, 3.63) is 77.9 Å². The third-order valence-corrected chi connectivity index (χ3v) is 5.33. The molecular weight excluding hydrogens is 468 g/mol. The van der Waals surface area contributed by atoms with Gasteiger partial charge in [-0.05, 0) is 55.3 Å². The van der Waals surface area contributed by atoms with Crippen LogP contribution in [0.5, 0.6) is 0 Å². The highest BCUT2D eigenvalue weighted by molar-refractivity contribution is 6.00. The van der Waals surface area contributed by atoms with Gasteiger partial charge in [0.2, 0.25) is 5.91 Å². The summed E-state index contributed by atoms with van der Waals surface area (Å²) >= 11 is 0. The van der Waals surface area contributed by atoms with Crippen molar-refractivity contribution in [2.45, 2.75) is 32.4 Å². The summed E-state index contributed by atoms with van der Waals surface area (Å²) in [6.07, 6.45) is 4.89. The summed E-state index contributed by atoms with van der Waals surface area (Å²) in [6, 6.07) is 20.5. The van der Waals surface area contributed by atoms with Crippen molar-refractivity contribution in [3.8, 4) is 18.4 Å². The van der Waals surface area contributed by atoms with E-state index in [9.17, 15) is 19.6 Å². The molecule has 188 valence electrons. The van der Waals surface area contributed by atoms with Crippen LogP contribution < -0.4 is 10.6 Å². The van der Waals surface area contributed by atoms with Crippen LogP contribution in [0.1, 0.15) is 37.9 Å². The molecule has 0 saturated carbocycles. The van der Waals surface area contributed by atoms with Gasteiger partial charge in [0, 0.05) is 11.3 Å². The lowest BCUT2D eigenvalue weighted by molar-refractivity contribution is -0.137. The quantitative estimate of drug-likeness (QED) is 0.373. The second-order valence-electron chi connectivity index (χ2n) is 9.22. The summed E-state index contributed by atoms with van der Waals surface area (Å²) in [4.78, 5) is 40.1. The summed E-state index contributed by atoms with van der Waals surface area (Å²) in [7, 11) is 0. The lowest BCUT2D eigenvalue weighted by Gasteiger charge is -2.30. The fourth-order valence-corrected chi connectivity index (χ4v) is 3.76. The largest absolute Gasteiger partial charge is 0.444 e. The first-order valence-corrected chi connectivity index (χ1v) is 11.6. The first-order chi connectivity index (χ1) is 17.6. The zero-order valence-electron chi connectivity index (χ0n) is 20.9. The Balaban J connectivity index is 1.94. The average Bonchev–Trinajstić information content (AvgIpc) is 2.86. The number of hydrogen-bond donors (Lipinski definition) is 2. The number of benzene rings is 3. The molecule has 3 amide bonds. The number of rotatable bonds is 7. The minimum Gasteiger partial charge on any atom is -0.444 e. The molecule has 0 aliphatic rings. The first-order valence-electron chi connectivity index (χ1n) is 11.6. The highest BCUT2D eigenvalue weighted by Crippen LogP contribution is 2.27. The Labute approximate surface area is 216 Å². The summed E-state index contributed by atoms with van der Waals surface area (Å²) in [5.74, 6) is 1.33. The number of anilines is 1. The van der Waals surface area contributed by atoms with Gasteiger partial charge in [0.15, 0.2) is 0 Å². The van der Waals surface area contributed by atoms with Crippen LogP contribution in [0.2, 0.25) is 0 Å². The molecule has 37 heavy (non-hydrogen) atoms. The molecule has 3 rings (SSSR count). The molecule has 0 fully saturated rings. The number of nitriles is 1. The molecule has 0 aromatic heterocycles. The number of alkyl carbamates (subject to hydrolysis) is 1. The van der Waals surface area contributed by atoms with Gasteiger partial charge in [0.05, 0.1) is 6.07 Å². The van der Waals surface area contributed by atoms with E-state index in [0.29, 0.717) is 16.8 Å². The van der Waals surface area contributed by atoms with Gasteiger partial charge in [-0.15, -0.1) is 6.42 Å². The monoisotopic (exact) mass is 496 g/mol. The Morgan fingerprint density at radius 2 is 1.70 bits per heavy atom. The Morgan fingerprint density at radius 1 is 1.03 bits per heavy atom. The summed E-state index contributed by atoms with van der Waals surface area (Å²) in [6.45, 7) is 4.19. The molecule has 3 aromatic carbocycles. The van der Waals surface area contributed by atoms with Gasteiger partial charge in [0.25, 0.3) is 5.91 Å². The number of fused-ring (bicyclic) bond motifs is 1. The number of carbonyl (C=O) groups excluding carboxylic acids is 3. The van der Waals surface area contributed by atoms with Crippen LogP contribution in [0.4, 0.5) is 10.5 Å². The van der Waals surface area contributed by atoms with Gasteiger partial charge in [-0.1, -0.05) is 54.5 Å². The molecule has 2 N–H and O–H groups in total. The third kappa shape index (κ3) is 7.09. The predicted molar refractivity (Wildman–Crippen MR) is 141 cm³/mol. The Bertz CT molecular complexity index is 1400. The maximum absolute atomic E-state index is 13.7. The van der Waals surface area contributed by atoms with Crippen molar-refractivity contribution in [3.63, 3.8) is 0 Å². The van der Waals surface area contributed by atoms with E-state index in [-0.39, 0.29) is 0 Å². The van der Waals surface area contributed by atoms with Crippen LogP contribution >= 0.6 is 0 Å². The Morgan fingerprint density at radius 3 is 2.38 bits per heavy atom. The smallest absolute Gasteiger partial charge is 0.408 e. The van der Waals surface area contributed by atoms with Crippen molar-refractivity contribution in [2.75, 3.05) is 18.4 Å². The second-order valence-corrected chi connectivity index (χ2v) is 9.22. The van der Waals surface area contributed by atoms with Crippen LogP contribution in [0.15, 0.2) is 66.7 Å². The normalized spacial score (nSPS) is 11.5. The number of amides is 3. The van der Waals surface area contributed by atoms with Crippen molar-refractivity contribution in [2.24, 2.45) is 0 Å². The van der Waals surface area contributed by atoms with Crippen LogP contribution in [0.25, 0.3) is 10.8 Å². The van der Waals surface area contributed by atoms with E-state index in [2.05, 4.69) is 16.6 Å². The molecule has 1 unspecified atom stereocenters. The summed E-state index contributed by atoms with van der Waals surface area (Å²) < 4.78 is 5.18. The lowest BCUT2D eigenvalue weighted by atomic mass is 9.98. The maximum Gasteiger partial charge on any atom is 0.408 e. The van der Waals surface area contributed by atoms with Crippen molar-refractivity contribution in [1.29, 1.82) is 5.26 Å². The van der Waals surface area contributed by atoms with E-state index in [0.717, 1.165) is 15.7 Å². The zero-order chi connectivity index (χ0) is 27.0. The van der Waals surface area contributed by atoms with Crippen molar-refractivity contribution >= 4 is 34.4 Å². The minimum atomic E-state index is -1.23. The maximum atomic E-state index is 13.7. The van der Waals surface area contributed by atoms with Crippen LogP contribution in [0, 0.1) is 23.7 Å². The molecule has 0 aliphatic carbocycles. The van der Waals surface area contributed by atoms with E-state index < -0.39 is 42.6 Å². The van der Waals surface area contributed by atoms with Gasteiger partial charge in [-0.3, -0.25) is 9.59 Å². The SMILES string of the molecule is C#Cc1ccccc1C(C(=O)Nc1ccc2ccccc2c1)N(CC#N)C(=O)CNC(=O)OC(C)(C)C. The molecule has 8 nitrogen and oxygen atoms in total. The zero-order valence-corrected chi connectivity index (χ0v) is 20.9. The molecular formula is C29H28N4O4. The fraction of sp³-hybridized carbons (Fsp3) is 0.241. The number of nitrogens with one attached hydrogen (secondary N) is 2. The topological polar surface area (TPSA) is 112 Å². The number of nitrogens with zero attached hydrogens (tertiary/aromatic N) is 2. The van der Waals surface area contributed by atoms with Gasteiger partial charge in [0.1, 0.15) is 24.7 Å². The van der Waals surface area contributed by atoms with Gasteiger partial charge >= 0.3 is 6.09 Å². The molecule has 3 aromatic rings. The van der Waals surface area contributed by atoms with E-state index in [1.54, 1.807) is 51.1 Å². The molecule has 1 atom stereocenters. The molecule has 8 heteroatoms. The number of terminal acetylenes is 1. The highest BCUT2D eigenvalue weighted by atomic mass is 16.6. The predicted octanol–water partition coefficient (Wildman–Crippen LogP) is 4.38. The van der Waals surface area contributed by atoms with Gasteiger partial charge in [-0.2, -0.15) is 5.26 Å². The third-order valence-electron chi connectivity index (χ3n) is 5.33. The summed E-state index contributed by atoms with van der Waals surface area (Å²) in [5, 5.41) is 16.7. The number of carbonyl (C=O) groups is 3. The first kappa shape index (κ1) is 26.8. The van der Waals surface area contributed by atoms with E-state index in [4.69, 9.17) is 11.2 Å². The highest BCUT2D eigenvalue weighted by Gasteiger charge is 2.33. The Kier molecular flexibility index (Phi) is 8.50. The average molecular weight is 497 g/mol. The van der Waals surface area contributed by atoms with E-state index in [1.807, 2.05) is 42.5 Å². The number of hydrogen-bond acceptors (Lipinski definition) is 5. The second kappa shape index (κ2) is 11.7. The molecule has 0 aliphatic heterocycles. The standard InChI is InChI=1S/C29H28N4O4/c1-5-20-10-8-9-13-24(20)26(27(35)32-23-15-14-21-11-6-7-12-22(21)18-23)33(17-16-30)25(34)19-31-28(36)37-29(2,3)4/h1,6-15,18,26H,17,19H2,2-4H3,(H,31,36)(H,32,35). The Hall–Kier alpha value is -4.82. The minimum absolute atomic E-state index is 0.379. The molecule has 0 spiro atoms. The molecule has 0 radical (unpaired) electrons. The van der Waals surface area contributed by atoms with Gasteiger partial charge < -0.3 is 20.3 Å². The van der Waals surface area contributed by atoms with Crippen molar-refractivity contribution < 1.29 is 19.1 Å². The van der Waals surface area contributed by atoms with Crippen LogP contribution in [-0.4, -0.2) is 41.5 Å². The summed E-state index contributed by atoms with van der Waals surface area (Å²) in [5.41, 5.74) is 0.539. The van der Waals surface area contributed by atoms with Crippen LogP contribution in [0.3, 0.4) is 0 Å². The van der Waals surface area contributed by atoms with Crippen LogP contribution in [-0.2, 0) is 14.3 Å². The molecule has 0 saturated heterocycles. The van der Waals surface area contributed by atoms with E-state index >= 15 is 0 Å². The van der Waals surface area contributed by atoms with Gasteiger partial charge in [-0.25, -0.2) is 4.79 Å². The lowest BCUT2D eigenvalue weighted by Crippen LogP contribution is -2.46. The number of ether oxygens (including phenoxy) is 1.